The molecule has 3 heteroatoms. The van der Waals surface area contributed by atoms with Crippen molar-refractivity contribution in [3.05, 3.63) is 67.3 Å². The summed E-state index contributed by atoms with van der Waals surface area (Å²) in [6.07, 6.45) is 1.83. The Labute approximate surface area is 119 Å². The first kappa shape index (κ1) is 14.2. The highest BCUT2D eigenvalue weighted by atomic mass is 16.5. The summed E-state index contributed by atoms with van der Waals surface area (Å²) in [5.74, 6) is 2.47. The molecule has 0 radical (unpaired) electrons. The fourth-order valence-electron chi connectivity index (χ4n) is 1.67. The van der Waals surface area contributed by atoms with E-state index >= 15 is 0 Å². The number of ether oxygens (including phenoxy) is 2. The molecule has 0 unspecified atom stereocenters. The lowest BCUT2D eigenvalue weighted by Gasteiger charge is -2.08. The zero-order valence-corrected chi connectivity index (χ0v) is 11.4. The highest BCUT2D eigenvalue weighted by Gasteiger charge is 1.98. The van der Waals surface area contributed by atoms with Crippen molar-refractivity contribution in [1.29, 1.82) is 0 Å². The van der Waals surface area contributed by atoms with Crippen molar-refractivity contribution in [2.75, 3.05) is 19.7 Å². The summed E-state index contributed by atoms with van der Waals surface area (Å²) >= 11 is 0. The minimum atomic E-state index is 0.632. The summed E-state index contributed by atoms with van der Waals surface area (Å²) in [6, 6.07) is 17.3. The van der Waals surface area contributed by atoms with E-state index in [1.165, 1.54) is 0 Å². The molecule has 0 aliphatic carbocycles. The maximum atomic E-state index is 5.71. The van der Waals surface area contributed by atoms with Gasteiger partial charge < -0.3 is 14.8 Å². The molecule has 0 bridgehead atoms. The second kappa shape index (κ2) is 8.02. The first-order chi connectivity index (χ1) is 9.88. The normalized spacial score (nSPS) is 10.0. The molecule has 0 aliphatic rings. The smallest absolute Gasteiger partial charge is 0.127 e. The van der Waals surface area contributed by atoms with E-state index in [2.05, 4.69) is 11.9 Å². The molecule has 104 valence electrons. The van der Waals surface area contributed by atoms with Crippen molar-refractivity contribution in [1.82, 2.24) is 5.32 Å². The minimum Gasteiger partial charge on any atom is -0.492 e. The van der Waals surface area contributed by atoms with Crippen LogP contribution < -0.4 is 14.8 Å². The Morgan fingerprint density at radius 1 is 0.900 bits per heavy atom. The highest BCUT2D eigenvalue weighted by molar-refractivity contribution is 5.35. The van der Waals surface area contributed by atoms with E-state index in [9.17, 15) is 0 Å². The van der Waals surface area contributed by atoms with Gasteiger partial charge in [0.05, 0.1) is 0 Å². The van der Waals surface area contributed by atoms with Crippen LogP contribution in [0.5, 0.6) is 17.2 Å². The largest absolute Gasteiger partial charge is 0.492 e. The average Bonchev–Trinajstić information content (AvgIpc) is 2.50. The minimum absolute atomic E-state index is 0.632. The summed E-state index contributed by atoms with van der Waals surface area (Å²) in [4.78, 5) is 0. The first-order valence-electron chi connectivity index (χ1n) is 6.66. The third-order valence-corrected chi connectivity index (χ3v) is 2.64. The van der Waals surface area contributed by atoms with Crippen molar-refractivity contribution in [3.8, 4) is 17.2 Å². The van der Waals surface area contributed by atoms with E-state index in [0.29, 0.717) is 6.61 Å². The quantitative estimate of drug-likeness (QED) is 0.586. The summed E-state index contributed by atoms with van der Waals surface area (Å²) < 4.78 is 11.3. The molecule has 0 saturated heterocycles. The van der Waals surface area contributed by atoms with Crippen molar-refractivity contribution >= 4 is 0 Å². The Morgan fingerprint density at radius 3 is 2.25 bits per heavy atom. The van der Waals surface area contributed by atoms with Gasteiger partial charge in [0.2, 0.25) is 0 Å². The van der Waals surface area contributed by atoms with Crippen LogP contribution in [0.4, 0.5) is 0 Å². The van der Waals surface area contributed by atoms with Crippen LogP contribution in [0.25, 0.3) is 0 Å². The summed E-state index contributed by atoms with van der Waals surface area (Å²) in [7, 11) is 0. The Morgan fingerprint density at radius 2 is 1.55 bits per heavy atom. The van der Waals surface area contributed by atoms with Crippen molar-refractivity contribution < 1.29 is 9.47 Å². The van der Waals surface area contributed by atoms with Crippen LogP contribution in [0.15, 0.2) is 67.3 Å². The van der Waals surface area contributed by atoms with Gasteiger partial charge in [0, 0.05) is 13.1 Å². The van der Waals surface area contributed by atoms with Crippen LogP contribution in [0.3, 0.4) is 0 Å². The Hall–Kier alpha value is -2.26. The van der Waals surface area contributed by atoms with Gasteiger partial charge in [-0.1, -0.05) is 24.3 Å². The van der Waals surface area contributed by atoms with Gasteiger partial charge in [-0.2, -0.15) is 0 Å². The zero-order valence-electron chi connectivity index (χ0n) is 11.4. The second-order valence-electron chi connectivity index (χ2n) is 4.23. The molecule has 0 heterocycles. The number of rotatable bonds is 8. The van der Waals surface area contributed by atoms with Crippen LogP contribution >= 0.6 is 0 Å². The summed E-state index contributed by atoms with van der Waals surface area (Å²) in [6.45, 7) is 5.87. The topological polar surface area (TPSA) is 30.5 Å². The standard InChI is InChI=1S/C17H19NO2/c1-2-12-18-13-14-19-15-8-10-17(11-9-15)20-16-6-4-3-5-7-16/h2-11,18H,1,12-14H2. The molecule has 1 N–H and O–H groups in total. The fraction of sp³-hybridized carbons (Fsp3) is 0.176. The van der Waals surface area contributed by atoms with Crippen LogP contribution in [0.1, 0.15) is 0 Å². The Kier molecular flexibility index (Phi) is 5.68. The molecular weight excluding hydrogens is 250 g/mol. The Bertz CT molecular complexity index is 508. The summed E-state index contributed by atoms with van der Waals surface area (Å²) in [5, 5.41) is 3.18. The molecule has 0 aromatic heterocycles. The van der Waals surface area contributed by atoms with E-state index in [0.717, 1.165) is 30.3 Å². The lowest BCUT2D eigenvalue weighted by molar-refractivity contribution is 0.316. The molecule has 3 nitrogen and oxygen atoms in total. The highest BCUT2D eigenvalue weighted by Crippen LogP contribution is 2.23. The number of nitrogens with one attached hydrogen (secondary N) is 1. The van der Waals surface area contributed by atoms with Gasteiger partial charge in [0.15, 0.2) is 0 Å². The molecule has 0 saturated carbocycles. The average molecular weight is 269 g/mol. The molecule has 0 aliphatic heterocycles. The zero-order chi connectivity index (χ0) is 14.0. The van der Waals surface area contributed by atoms with Crippen LogP contribution in [-0.2, 0) is 0 Å². The van der Waals surface area contributed by atoms with Gasteiger partial charge in [-0.25, -0.2) is 0 Å². The van der Waals surface area contributed by atoms with Gasteiger partial charge in [0.25, 0.3) is 0 Å². The summed E-state index contributed by atoms with van der Waals surface area (Å²) in [5.41, 5.74) is 0. The number of para-hydroxylation sites is 1. The van der Waals surface area contributed by atoms with E-state index in [-0.39, 0.29) is 0 Å². The van der Waals surface area contributed by atoms with Gasteiger partial charge in [-0.05, 0) is 36.4 Å². The third kappa shape index (κ3) is 4.78. The Balaban J connectivity index is 1.79. The SMILES string of the molecule is C=CCNCCOc1ccc(Oc2ccccc2)cc1. The fourth-order valence-corrected chi connectivity index (χ4v) is 1.67. The lowest BCUT2D eigenvalue weighted by atomic mass is 10.3. The molecule has 20 heavy (non-hydrogen) atoms. The van der Waals surface area contributed by atoms with Gasteiger partial charge in [-0.3, -0.25) is 0 Å². The molecule has 0 amide bonds. The van der Waals surface area contributed by atoms with Gasteiger partial charge in [0.1, 0.15) is 23.9 Å². The van der Waals surface area contributed by atoms with Crippen LogP contribution in [0.2, 0.25) is 0 Å². The van der Waals surface area contributed by atoms with E-state index in [4.69, 9.17) is 9.47 Å². The molecular formula is C17H19NO2. The molecule has 2 aromatic rings. The number of hydrogen-bond donors (Lipinski definition) is 1. The molecule has 0 atom stereocenters. The monoisotopic (exact) mass is 269 g/mol. The first-order valence-corrected chi connectivity index (χ1v) is 6.66. The second-order valence-corrected chi connectivity index (χ2v) is 4.23. The van der Waals surface area contributed by atoms with Crippen LogP contribution in [0, 0.1) is 0 Å². The molecule has 0 fully saturated rings. The van der Waals surface area contributed by atoms with Crippen LogP contribution in [-0.4, -0.2) is 19.7 Å². The van der Waals surface area contributed by atoms with E-state index in [1.54, 1.807) is 0 Å². The maximum Gasteiger partial charge on any atom is 0.127 e. The van der Waals surface area contributed by atoms with E-state index in [1.807, 2.05) is 60.7 Å². The van der Waals surface area contributed by atoms with E-state index < -0.39 is 0 Å². The maximum absolute atomic E-state index is 5.71. The molecule has 2 aromatic carbocycles. The van der Waals surface area contributed by atoms with Crippen molar-refractivity contribution in [3.63, 3.8) is 0 Å². The lowest BCUT2D eigenvalue weighted by Crippen LogP contribution is -2.20. The van der Waals surface area contributed by atoms with Gasteiger partial charge >= 0.3 is 0 Å². The molecule has 2 rings (SSSR count). The van der Waals surface area contributed by atoms with Crippen molar-refractivity contribution in [2.24, 2.45) is 0 Å². The predicted octanol–water partition coefficient (Wildman–Crippen LogP) is 3.63. The molecule has 0 spiro atoms. The van der Waals surface area contributed by atoms with Crippen molar-refractivity contribution in [2.45, 2.75) is 0 Å². The third-order valence-electron chi connectivity index (χ3n) is 2.64. The van der Waals surface area contributed by atoms with Gasteiger partial charge in [-0.15, -0.1) is 6.58 Å². The number of benzene rings is 2. The number of hydrogen-bond acceptors (Lipinski definition) is 3. The predicted molar refractivity (Wildman–Crippen MR) is 81.5 cm³/mol.